The predicted octanol–water partition coefficient (Wildman–Crippen LogP) is 1.82. The molecule has 0 unspecified atom stereocenters. The van der Waals surface area contributed by atoms with E-state index in [1.807, 2.05) is 35.0 Å². The van der Waals surface area contributed by atoms with Crippen molar-refractivity contribution in [2.24, 2.45) is 0 Å². The van der Waals surface area contributed by atoms with Gasteiger partial charge >= 0.3 is 0 Å². The zero-order valence-electron chi connectivity index (χ0n) is 13.1. The van der Waals surface area contributed by atoms with E-state index in [-0.39, 0.29) is 37.1 Å². The Morgan fingerprint density at radius 1 is 1.17 bits per heavy atom. The van der Waals surface area contributed by atoms with Gasteiger partial charge in [-0.25, -0.2) is 0 Å². The van der Waals surface area contributed by atoms with Gasteiger partial charge in [0.05, 0.1) is 12.2 Å². The number of amides is 3. The van der Waals surface area contributed by atoms with Crippen LogP contribution in [0.1, 0.15) is 24.1 Å². The third-order valence-corrected chi connectivity index (χ3v) is 4.57. The molecule has 0 spiro atoms. The van der Waals surface area contributed by atoms with E-state index in [9.17, 15) is 14.4 Å². The fraction of sp³-hybridized carbons (Fsp3) is 0.294. The molecule has 124 valence electrons. The van der Waals surface area contributed by atoms with Crippen LogP contribution >= 0.6 is 11.3 Å². The molecule has 0 N–H and O–H groups in total. The summed E-state index contributed by atoms with van der Waals surface area (Å²) in [6, 6.07) is 7.48. The highest BCUT2D eigenvalue weighted by atomic mass is 32.1. The van der Waals surface area contributed by atoms with Gasteiger partial charge in [-0.1, -0.05) is 6.07 Å². The molecule has 2 aromatic rings. The van der Waals surface area contributed by atoms with Crippen LogP contribution in [0, 0.1) is 0 Å². The van der Waals surface area contributed by atoms with Crippen molar-refractivity contribution >= 4 is 29.1 Å². The Kier molecular flexibility index (Phi) is 5.00. The van der Waals surface area contributed by atoms with Gasteiger partial charge in [-0.05, 0) is 34.5 Å². The van der Waals surface area contributed by atoms with Gasteiger partial charge in [0, 0.05) is 25.6 Å². The number of carbonyl (C=O) groups excluding carboxylic acids is 3. The van der Waals surface area contributed by atoms with E-state index >= 15 is 0 Å². The van der Waals surface area contributed by atoms with E-state index < -0.39 is 0 Å². The lowest BCUT2D eigenvalue weighted by Gasteiger charge is -2.24. The monoisotopic (exact) mass is 343 g/mol. The molecule has 0 aliphatic carbocycles. The van der Waals surface area contributed by atoms with Crippen molar-refractivity contribution in [2.75, 3.05) is 6.54 Å². The van der Waals surface area contributed by atoms with Crippen LogP contribution in [0.25, 0.3) is 0 Å². The van der Waals surface area contributed by atoms with Crippen molar-refractivity contribution in [3.63, 3.8) is 0 Å². The zero-order valence-corrected chi connectivity index (χ0v) is 13.9. The summed E-state index contributed by atoms with van der Waals surface area (Å²) in [6.45, 7) is 0.565. The highest BCUT2D eigenvalue weighted by molar-refractivity contribution is 7.07. The number of thiophene rings is 1. The van der Waals surface area contributed by atoms with Crippen LogP contribution in [0.15, 0.2) is 41.2 Å². The van der Waals surface area contributed by atoms with E-state index in [0.717, 1.165) is 16.2 Å². The maximum absolute atomic E-state index is 12.7. The van der Waals surface area contributed by atoms with Crippen molar-refractivity contribution in [1.82, 2.24) is 14.8 Å². The molecule has 3 heterocycles. The largest absolute Gasteiger partial charge is 0.331 e. The topological polar surface area (TPSA) is 70.6 Å². The Balaban J connectivity index is 1.74. The summed E-state index contributed by atoms with van der Waals surface area (Å²) in [7, 11) is 0. The minimum atomic E-state index is -0.276. The summed E-state index contributed by atoms with van der Waals surface area (Å²) in [5.74, 6) is -0.807. The van der Waals surface area contributed by atoms with Crippen LogP contribution in [-0.4, -0.2) is 39.1 Å². The van der Waals surface area contributed by atoms with Gasteiger partial charge in [0.15, 0.2) is 0 Å². The number of likely N-dealkylation sites (tertiary alicyclic amines) is 1. The summed E-state index contributed by atoms with van der Waals surface area (Å²) in [5.41, 5.74) is 1.78. The molecule has 0 radical (unpaired) electrons. The van der Waals surface area contributed by atoms with Crippen LogP contribution in [-0.2, 0) is 27.5 Å². The third kappa shape index (κ3) is 3.86. The molecule has 7 heteroatoms. The summed E-state index contributed by atoms with van der Waals surface area (Å²) in [4.78, 5) is 43.1. The maximum atomic E-state index is 12.7. The summed E-state index contributed by atoms with van der Waals surface area (Å²) >= 11 is 1.56. The molecule has 2 aromatic heterocycles. The van der Waals surface area contributed by atoms with Gasteiger partial charge in [-0.2, -0.15) is 11.3 Å². The number of hydrogen-bond donors (Lipinski definition) is 0. The van der Waals surface area contributed by atoms with Gasteiger partial charge in [0.1, 0.15) is 6.54 Å². The Labute approximate surface area is 143 Å². The molecule has 1 aliphatic rings. The molecule has 0 bridgehead atoms. The summed E-state index contributed by atoms with van der Waals surface area (Å²) in [5, 5.41) is 3.93. The lowest BCUT2D eigenvalue weighted by atomic mass is 10.2. The lowest BCUT2D eigenvalue weighted by molar-refractivity contribution is -0.146. The molecule has 0 atom stereocenters. The van der Waals surface area contributed by atoms with Gasteiger partial charge in [-0.15, -0.1) is 0 Å². The Hall–Kier alpha value is -2.54. The van der Waals surface area contributed by atoms with Crippen LogP contribution in [0.5, 0.6) is 0 Å². The standard InChI is InChI=1S/C17H17N3O3S/c21-15-4-5-16(22)20(15)11-17(23)19(9-13-6-8-24-12-13)10-14-3-1-2-7-18-14/h1-3,6-8,12H,4-5,9-11H2. The predicted molar refractivity (Wildman–Crippen MR) is 88.8 cm³/mol. The van der Waals surface area contributed by atoms with Crippen LogP contribution < -0.4 is 0 Å². The normalized spacial score (nSPS) is 14.2. The quantitative estimate of drug-likeness (QED) is 0.750. The molecule has 3 rings (SSSR count). The first kappa shape index (κ1) is 16.3. The Morgan fingerprint density at radius 2 is 1.96 bits per heavy atom. The van der Waals surface area contributed by atoms with E-state index in [1.165, 1.54) is 0 Å². The number of pyridine rings is 1. The number of rotatable bonds is 6. The second-order valence-electron chi connectivity index (χ2n) is 5.58. The molecular weight excluding hydrogens is 326 g/mol. The number of hydrogen-bond acceptors (Lipinski definition) is 5. The van der Waals surface area contributed by atoms with Crippen molar-refractivity contribution in [2.45, 2.75) is 25.9 Å². The minimum absolute atomic E-state index is 0.191. The Bertz CT molecular complexity index is 715. The summed E-state index contributed by atoms with van der Waals surface area (Å²) < 4.78 is 0. The average Bonchev–Trinajstić information content (AvgIpc) is 3.20. The molecule has 6 nitrogen and oxygen atoms in total. The number of imide groups is 1. The molecule has 3 amide bonds. The highest BCUT2D eigenvalue weighted by Crippen LogP contribution is 2.15. The van der Waals surface area contributed by atoms with Crippen molar-refractivity contribution in [3.8, 4) is 0 Å². The van der Waals surface area contributed by atoms with Gasteiger partial charge in [0.2, 0.25) is 17.7 Å². The maximum Gasteiger partial charge on any atom is 0.243 e. The highest BCUT2D eigenvalue weighted by Gasteiger charge is 2.31. The molecular formula is C17H17N3O3S. The fourth-order valence-corrected chi connectivity index (χ4v) is 3.22. The molecule has 1 fully saturated rings. The molecule has 1 saturated heterocycles. The first-order chi connectivity index (χ1) is 11.6. The fourth-order valence-electron chi connectivity index (χ4n) is 2.56. The lowest BCUT2D eigenvalue weighted by Crippen LogP contribution is -2.42. The third-order valence-electron chi connectivity index (χ3n) is 3.83. The van der Waals surface area contributed by atoms with Crippen molar-refractivity contribution < 1.29 is 14.4 Å². The zero-order chi connectivity index (χ0) is 16.9. The molecule has 0 saturated carbocycles. The van der Waals surface area contributed by atoms with E-state index in [1.54, 1.807) is 22.4 Å². The smallest absolute Gasteiger partial charge is 0.243 e. The van der Waals surface area contributed by atoms with Gasteiger partial charge < -0.3 is 4.90 Å². The van der Waals surface area contributed by atoms with Crippen LogP contribution in [0.2, 0.25) is 0 Å². The van der Waals surface area contributed by atoms with Gasteiger partial charge in [-0.3, -0.25) is 24.3 Å². The summed E-state index contributed by atoms with van der Waals surface area (Å²) in [6.07, 6.45) is 2.06. The molecule has 24 heavy (non-hydrogen) atoms. The van der Waals surface area contributed by atoms with Gasteiger partial charge in [0.25, 0.3) is 0 Å². The molecule has 0 aromatic carbocycles. The Morgan fingerprint density at radius 3 is 2.58 bits per heavy atom. The number of carbonyl (C=O) groups is 3. The number of nitrogens with zero attached hydrogens (tertiary/aromatic N) is 3. The molecule has 1 aliphatic heterocycles. The minimum Gasteiger partial charge on any atom is -0.331 e. The second-order valence-corrected chi connectivity index (χ2v) is 6.36. The SMILES string of the molecule is O=C(CN1C(=O)CCC1=O)N(Cc1ccsc1)Cc1ccccn1. The van der Waals surface area contributed by atoms with E-state index in [2.05, 4.69) is 4.98 Å². The average molecular weight is 343 g/mol. The van der Waals surface area contributed by atoms with Crippen molar-refractivity contribution in [3.05, 3.63) is 52.5 Å². The van der Waals surface area contributed by atoms with E-state index in [0.29, 0.717) is 13.1 Å². The number of aromatic nitrogens is 1. The first-order valence-corrected chi connectivity index (χ1v) is 8.60. The second kappa shape index (κ2) is 7.35. The van der Waals surface area contributed by atoms with E-state index in [4.69, 9.17) is 0 Å². The van der Waals surface area contributed by atoms with Crippen molar-refractivity contribution in [1.29, 1.82) is 0 Å². The first-order valence-electron chi connectivity index (χ1n) is 7.65. The van der Waals surface area contributed by atoms with Crippen LogP contribution in [0.3, 0.4) is 0 Å². The van der Waals surface area contributed by atoms with Crippen LogP contribution in [0.4, 0.5) is 0 Å².